The normalized spacial score (nSPS) is 17.0. The molecule has 0 radical (unpaired) electrons. The van der Waals surface area contributed by atoms with Crippen LogP contribution in [-0.2, 0) is 9.59 Å². The first-order valence-corrected chi connectivity index (χ1v) is 9.49. The maximum Gasteiger partial charge on any atom is 0.261 e. The van der Waals surface area contributed by atoms with Gasteiger partial charge in [-0.05, 0) is 46.9 Å². The fourth-order valence-corrected chi connectivity index (χ4v) is 3.10. The Morgan fingerprint density at radius 1 is 0.931 bits per heavy atom. The summed E-state index contributed by atoms with van der Waals surface area (Å²) in [6.45, 7) is 6.41. The first kappa shape index (κ1) is 24.6. The van der Waals surface area contributed by atoms with Gasteiger partial charge < -0.3 is 15.5 Å². The molecule has 0 bridgehead atoms. The Balaban J connectivity index is 0.000000359. The second-order valence-electron chi connectivity index (χ2n) is 7.24. The van der Waals surface area contributed by atoms with Gasteiger partial charge in [0, 0.05) is 13.1 Å². The topological polar surface area (TPSA) is 124 Å². The zero-order chi connectivity index (χ0) is 22.3. The Labute approximate surface area is 170 Å². The molecular weight excluding hydrogens is 376 g/mol. The average molecular weight is 406 g/mol. The third kappa shape index (κ3) is 6.28. The lowest BCUT2D eigenvalue weighted by Crippen LogP contribution is -2.40. The van der Waals surface area contributed by atoms with Gasteiger partial charge in [-0.15, -0.1) is 0 Å². The lowest BCUT2D eigenvalue weighted by molar-refractivity contribution is -0.124. The lowest BCUT2D eigenvalue weighted by atomic mass is 9.99. The highest BCUT2D eigenvalue weighted by Gasteiger charge is 2.38. The molecule has 1 aliphatic rings. The highest BCUT2D eigenvalue weighted by molar-refractivity contribution is 6.21. The van der Waals surface area contributed by atoms with Gasteiger partial charge in [0.05, 0.1) is 35.2 Å². The molecule has 0 spiro atoms. The number of fused-ring (bicyclic) bond motifs is 1. The average Bonchev–Trinajstić information content (AvgIpc) is 2.88. The minimum Gasteiger partial charge on any atom is -0.393 e. The molecule has 1 heterocycles. The van der Waals surface area contributed by atoms with E-state index in [9.17, 15) is 24.3 Å². The van der Waals surface area contributed by atoms with E-state index in [2.05, 4.69) is 5.32 Å². The number of amides is 2. The zero-order valence-electron chi connectivity index (χ0n) is 17.5. The van der Waals surface area contributed by atoms with Crippen LogP contribution >= 0.6 is 0 Å². The van der Waals surface area contributed by atoms with E-state index in [0.29, 0.717) is 17.7 Å². The van der Waals surface area contributed by atoms with Crippen LogP contribution < -0.4 is 5.32 Å². The van der Waals surface area contributed by atoms with Crippen molar-refractivity contribution in [2.24, 2.45) is 11.8 Å². The molecule has 1 aliphatic heterocycles. The predicted molar refractivity (Wildman–Crippen MR) is 107 cm³/mol. The number of carbonyl (C=O) groups excluding carboxylic acids is 4. The maximum absolute atomic E-state index is 12.1. The van der Waals surface area contributed by atoms with Crippen molar-refractivity contribution >= 4 is 23.4 Å². The van der Waals surface area contributed by atoms with Gasteiger partial charge in [-0.25, -0.2) is 0 Å². The summed E-state index contributed by atoms with van der Waals surface area (Å²) >= 11 is 0. The first-order valence-electron chi connectivity index (χ1n) is 9.49. The molecule has 8 heteroatoms. The van der Waals surface area contributed by atoms with Crippen LogP contribution in [0.2, 0.25) is 0 Å². The van der Waals surface area contributed by atoms with Crippen LogP contribution in [0.15, 0.2) is 24.3 Å². The van der Waals surface area contributed by atoms with Crippen molar-refractivity contribution in [3.63, 3.8) is 0 Å². The van der Waals surface area contributed by atoms with Crippen molar-refractivity contribution < 1.29 is 29.4 Å². The van der Waals surface area contributed by atoms with E-state index in [1.807, 2.05) is 0 Å². The largest absolute Gasteiger partial charge is 0.393 e. The number of rotatable bonds is 8. The number of ketones is 2. The molecule has 1 aromatic carbocycles. The van der Waals surface area contributed by atoms with Crippen molar-refractivity contribution in [2.75, 3.05) is 20.1 Å². The van der Waals surface area contributed by atoms with Crippen LogP contribution in [0.25, 0.3) is 0 Å². The first-order chi connectivity index (χ1) is 13.5. The fraction of sp³-hybridized carbons (Fsp3) is 0.524. The van der Waals surface area contributed by atoms with Crippen LogP contribution in [0.1, 0.15) is 48.4 Å². The molecule has 0 aliphatic carbocycles. The molecule has 4 atom stereocenters. The van der Waals surface area contributed by atoms with E-state index >= 15 is 0 Å². The van der Waals surface area contributed by atoms with E-state index in [1.54, 1.807) is 38.2 Å². The molecule has 0 aromatic heterocycles. The van der Waals surface area contributed by atoms with E-state index in [1.165, 1.54) is 20.8 Å². The van der Waals surface area contributed by atoms with Gasteiger partial charge in [-0.1, -0.05) is 12.1 Å². The molecule has 0 unspecified atom stereocenters. The van der Waals surface area contributed by atoms with Crippen molar-refractivity contribution in [2.45, 2.75) is 39.9 Å². The highest BCUT2D eigenvalue weighted by atomic mass is 16.3. The molecule has 2 rings (SSSR count). The number of aliphatic hydroxyl groups is 2. The number of benzene rings is 1. The third-order valence-electron chi connectivity index (χ3n) is 4.89. The zero-order valence-corrected chi connectivity index (χ0v) is 17.5. The molecule has 8 nitrogen and oxygen atoms in total. The highest BCUT2D eigenvalue weighted by Crippen LogP contribution is 2.24. The van der Waals surface area contributed by atoms with Gasteiger partial charge in [0.25, 0.3) is 11.8 Å². The summed E-state index contributed by atoms with van der Waals surface area (Å²) in [6.07, 6.45) is -1.45. The van der Waals surface area contributed by atoms with Crippen molar-refractivity contribution in [3.05, 3.63) is 35.4 Å². The van der Waals surface area contributed by atoms with Crippen LogP contribution in [0.5, 0.6) is 0 Å². The summed E-state index contributed by atoms with van der Waals surface area (Å²) in [5, 5.41) is 21.5. The Morgan fingerprint density at radius 3 is 1.62 bits per heavy atom. The molecular formula is C21H30N2O6. The minimum absolute atomic E-state index is 0.0318. The summed E-state index contributed by atoms with van der Waals surface area (Å²) in [7, 11) is 1.76. The Hall–Kier alpha value is -2.42. The SMILES string of the molecule is CC(=O)[C@@H](CN1C(=O)c2ccccc2C1=O)[C@@H](C)O.CNC[C@H](C(C)=O)[C@@H](C)O. The molecule has 0 saturated heterocycles. The number of carbonyl (C=O) groups is 4. The second-order valence-corrected chi connectivity index (χ2v) is 7.24. The van der Waals surface area contributed by atoms with Crippen molar-refractivity contribution in [1.82, 2.24) is 10.2 Å². The standard InChI is InChI=1S/C14H15NO4.C7H15NO2/c1-8(16)12(9(2)17)7-15-13(18)10-5-3-4-6-11(10)14(15)19;1-5(9)7(4-8-3)6(2)10/h3-6,8,12,16H,7H2,1-2H3;5,7-9H,4H2,1-3H3/t8-,12+;5-,7+/m11/s1. The van der Waals surface area contributed by atoms with Crippen LogP contribution in [0.3, 0.4) is 0 Å². The molecule has 160 valence electrons. The van der Waals surface area contributed by atoms with Crippen molar-refractivity contribution in [1.29, 1.82) is 0 Å². The lowest BCUT2D eigenvalue weighted by Gasteiger charge is -2.22. The van der Waals surface area contributed by atoms with Gasteiger partial charge >= 0.3 is 0 Å². The number of nitrogens with one attached hydrogen (secondary N) is 1. The number of Topliss-reactive ketones (excluding diaryl/α,β-unsaturated/α-hetero) is 2. The van der Waals surface area contributed by atoms with Gasteiger partial charge in [-0.3, -0.25) is 24.1 Å². The van der Waals surface area contributed by atoms with Gasteiger partial charge in [0.15, 0.2) is 0 Å². The van der Waals surface area contributed by atoms with E-state index in [4.69, 9.17) is 5.11 Å². The number of hydrogen-bond donors (Lipinski definition) is 3. The summed E-state index contributed by atoms with van der Waals surface area (Å²) in [6, 6.07) is 6.54. The van der Waals surface area contributed by atoms with Crippen LogP contribution in [0, 0.1) is 11.8 Å². The Bertz CT molecular complexity index is 724. The minimum atomic E-state index is -0.901. The fourth-order valence-electron chi connectivity index (χ4n) is 3.10. The molecule has 1 aromatic rings. The number of nitrogens with zero attached hydrogens (tertiary/aromatic N) is 1. The van der Waals surface area contributed by atoms with Crippen LogP contribution in [0.4, 0.5) is 0 Å². The van der Waals surface area contributed by atoms with Crippen LogP contribution in [-0.4, -0.2) is 70.8 Å². The number of imide groups is 1. The second kappa shape index (κ2) is 10.9. The third-order valence-corrected chi connectivity index (χ3v) is 4.89. The Morgan fingerprint density at radius 2 is 1.34 bits per heavy atom. The number of hydrogen-bond acceptors (Lipinski definition) is 7. The monoisotopic (exact) mass is 406 g/mol. The van der Waals surface area contributed by atoms with Gasteiger partial charge in [0.1, 0.15) is 11.6 Å². The smallest absolute Gasteiger partial charge is 0.261 e. The summed E-state index contributed by atoms with van der Waals surface area (Å²) in [5.41, 5.74) is 0.695. The van der Waals surface area contributed by atoms with E-state index in [0.717, 1.165) is 4.90 Å². The maximum atomic E-state index is 12.1. The van der Waals surface area contributed by atoms with Gasteiger partial charge in [-0.2, -0.15) is 0 Å². The van der Waals surface area contributed by atoms with Crippen molar-refractivity contribution in [3.8, 4) is 0 Å². The Kier molecular flexibility index (Phi) is 9.29. The quantitative estimate of drug-likeness (QED) is 0.542. The van der Waals surface area contributed by atoms with E-state index < -0.39 is 29.9 Å². The number of aliphatic hydroxyl groups excluding tert-OH is 2. The summed E-state index contributed by atoms with van der Waals surface area (Å²) in [4.78, 5) is 47.5. The summed E-state index contributed by atoms with van der Waals surface area (Å²) in [5.74, 6) is -2.04. The molecule has 2 amide bonds. The molecule has 0 saturated carbocycles. The van der Waals surface area contributed by atoms with Gasteiger partial charge in [0.2, 0.25) is 0 Å². The predicted octanol–water partition coefficient (Wildman–Crippen LogP) is 0.660. The summed E-state index contributed by atoms with van der Waals surface area (Å²) < 4.78 is 0. The van der Waals surface area contributed by atoms with E-state index in [-0.39, 0.29) is 24.0 Å². The molecule has 29 heavy (non-hydrogen) atoms. The molecule has 0 fully saturated rings. The molecule has 3 N–H and O–H groups in total.